The van der Waals surface area contributed by atoms with Gasteiger partial charge in [-0.25, -0.2) is 26.3 Å². The average Bonchev–Trinajstić information content (AvgIpc) is 2.22. The van der Waals surface area contributed by atoms with Crippen molar-refractivity contribution in [3.05, 3.63) is 29.6 Å². The predicted octanol–water partition coefficient (Wildman–Crippen LogP) is 1.30. The summed E-state index contributed by atoms with van der Waals surface area (Å²) in [5.41, 5.74) is -1.17. The standard InChI is InChI=1S/C11H12F3NO3S/c12-7-4-8(13)10(9(14)5-7)19(17,18)15-6-11(16)2-1-3-11/h4-5,15-16H,1-3,6H2. The first-order valence-electron chi connectivity index (χ1n) is 5.60. The van der Waals surface area contributed by atoms with E-state index in [1.807, 2.05) is 4.72 Å². The highest BCUT2D eigenvalue weighted by molar-refractivity contribution is 7.89. The highest BCUT2D eigenvalue weighted by Gasteiger charge is 2.36. The van der Waals surface area contributed by atoms with Crippen molar-refractivity contribution in [2.24, 2.45) is 0 Å². The zero-order valence-electron chi connectivity index (χ0n) is 9.79. The third kappa shape index (κ3) is 2.90. The first-order chi connectivity index (χ1) is 8.73. The van der Waals surface area contributed by atoms with Gasteiger partial charge in [0.15, 0.2) is 4.90 Å². The van der Waals surface area contributed by atoms with Crippen LogP contribution in [0.4, 0.5) is 13.2 Å². The summed E-state index contributed by atoms with van der Waals surface area (Å²) in [7, 11) is -4.47. The summed E-state index contributed by atoms with van der Waals surface area (Å²) in [6.07, 6.45) is 1.60. The van der Waals surface area contributed by atoms with E-state index in [4.69, 9.17) is 0 Å². The van der Waals surface area contributed by atoms with Crippen LogP contribution in [0.15, 0.2) is 17.0 Å². The molecule has 0 aliphatic heterocycles. The molecular weight excluding hydrogens is 283 g/mol. The largest absolute Gasteiger partial charge is 0.389 e. The highest BCUT2D eigenvalue weighted by Crippen LogP contribution is 2.31. The van der Waals surface area contributed by atoms with Crippen molar-refractivity contribution >= 4 is 10.0 Å². The van der Waals surface area contributed by atoms with Crippen molar-refractivity contribution in [3.63, 3.8) is 0 Å². The molecule has 0 radical (unpaired) electrons. The SMILES string of the molecule is O=S(=O)(NCC1(O)CCC1)c1c(F)cc(F)cc1F. The molecule has 0 amide bonds. The minimum absolute atomic E-state index is 0.287. The minimum Gasteiger partial charge on any atom is -0.389 e. The maximum absolute atomic E-state index is 13.4. The normalized spacial score (nSPS) is 18.1. The molecule has 0 saturated heterocycles. The van der Waals surface area contributed by atoms with Gasteiger partial charge in [0.1, 0.15) is 17.5 Å². The Balaban J connectivity index is 2.24. The lowest BCUT2D eigenvalue weighted by molar-refractivity contribution is -0.0271. The summed E-state index contributed by atoms with van der Waals surface area (Å²) in [4.78, 5) is -1.24. The lowest BCUT2D eigenvalue weighted by atomic mass is 9.81. The van der Waals surface area contributed by atoms with Crippen LogP contribution in [0, 0.1) is 17.5 Å². The van der Waals surface area contributed by atoms with E-state index in [1.165, 1.54) is 0 Å². The highest BCUT2D eigenvalue weighted by atomic mass is 32.2. The second kappa shape index (κ2) is 4.77. The van der Waals surface area contributed by atoms with Gasteiger partial charge in [-0.3, -0.25) is 0 Å². The number of sulfonamides is 1. The zero-order chi connectivity index (χ0) is 14.3. The smallest absolute Gasteiger partial charge is 0.246 e. The molecule has 19 heavy (non-hydrogen) atoms. The summed E-state index contributed by atoms with van der Waals surface area (Å²) in [5.74, 6) is -4.22. The molecule has 0 spiro atoms. The van der Waals surface area contributed by atoms with Gasteiger partial charge in [0, 0.05) is 18.7 Å². The van der Waals surface area contributed by atoms with E-state index in [1.54, 1.807) is 0 Å². The number of hydrogen-bond donors (Lipinski definition) is 2. The molecular formula is C11H12F3NO3S. The van der Waals surface area contributed by atoms with Gasteiger partial charge in [-0.15, -0.1) is 0 Å². The van der Waals surface area contributed by atoms with Gasteiger partial charge in [0.2, 0.25) is 10.0 Å². The number of benzene rings is 1. The van der Waals surface area contributed by atoms with E-state index < -0.39 is 38.0 Å². The first kappa shape index (κ1) is 14.3. The van der Waals surface area contributed by atoms with Crippen molar-refractivity contribution < 1.29 is 26.7 Å². The molecule has 1 fully saturated rings. The summed E-state index contributed by atoms with van der Waals surface area (Å²) >= 11 is 0. The van der Waals surface area contributed by atoms with E-state index in [-0.39, 0.29) is 18.7 Å². The first-order valence-corrected chi connectivity index (χ1v) is 7.08. The Morgan fingerprint density at radius 2 is 1.74 bits per heavy atom. The molecule has 1 aromatic carbocycles. The van der Waals surface area contributed by atoms with Crippen molar-refractivity contribution in [3.8, 4) is 0 Å². The molecule has 1 aliphatic rings. The summed E-state index contributed by atoms with van der Waals surface area (Å²) in [6, 6.07) is 0.575. The van der Waals surface area contributed by atoms with Crippen LogP contribution >= 0.6 is 0 Å². The average molecular weight is 295 g/mol. The molecule has 0 aromatic heterocycles. The number of hydrogen-bond acceptors (Lipinski definition) is 3. The van der Waals surface area contributed by atoms with Crippen LogP contribution < -0.4 is 4.72 Å². The number of rotatable bonds is 4. The van der Waals surface area contributed by atoms with Gasteiger partial charge in [0.05, 0.1) is 5.60 Å². The number of nitrogens with one attached hydrogen (secondary N) is 1. The molecule has 0 bridgehead atoms. The lowest BCUT2D eigenvalue weighted by Gasteiger charge is -2.36. The molecule has 0 heterocycles. The van der Waals surface area contributed by atoms with E-state index in [2.05, 4.69) is 0 Å². The fourth-order valence-electron chi connectivity index (χ4n) is 1.85. The van der Waals surface area contributed by atoms with E-state index in [9.17, 15) is 26.7 Å². The number of halogens is 3. The Hall–Kier alpha value is -1.12. The summed E-state index contributed by atoms with van der Waals surface area (Å²) in [6.45, 7) is -0.328. The van der Waals surface area contributed by atoms with Crippen LogP contribution in [0.25, 0.3) is 0 Å². The van der Waals surface area contributed by atoms with Gasteiger partial charge in [-0.1, -0.05) is 0 Å². The topological polar surface area (TPSA) is 66.4 Å². The maximum Gasteiger partial charge on any atom is 0.246 e. The van der Waals surface area contributed by atoms with Gasteiger partial charge in [-0.2, -0.15) is 0 Å². The van der Waals surface area contributed by atoms with Crippen molar-refractivity contribution in [1.29, 1.82) is 0 Å². The molecule has 8 heteroatoms. The van der Waals surface area contributed by atoms with E-state index >= 15 is 0 Å². The summed E-state index contributed by atoms with van der Waals surface area (Å²) < 4.78 is 64.9. The predicted molar refractivity (Wildman–Crippen MR) is 60.3 cm³/mol. The summed E-state index contributed by atoms with van der Waals surface area (Å²) in [5, 5.41) is 9.73. The molecule has 106 valence electrons. The third-order valence-electron chi connectivity index (χ3n) is 3.11. The Labute approximate surface area is 108 Å². The van der Waals surface area contributed by atoms with Crippen LogP contribution in [-0.2, 0) is 10.0 Å². The molecule has 4 nitrogen and oxygen atoms in total. The van der Waals surface area contributed by atoms with Crippen molar-refractivity contribution in [1.82, 2.24) is 4.72 Å². The fraction of sp³-hybridized carbons (Fsp3) is 0.455. The Kier molecular flexibility index (Phi) is 3.59. The van der Waals surface area contributed by atoms with Crippen LogP contribution in [0.2, 0.25) is 0 Å². The quantitative estimate of drug-likeness (QED) is 0.880. The van der Waals surface area contributed by atoms with Crippen molar-refractivity contribution in [2.45, 2.75) is 29.8 Å². The minimum atomic E-state index is -4.47. The second-order valence-electron chi connectivity index (χ2n) is 4.60. The fourth-order valence-corrected chi connectivity index (χ4v) is 3.08. The van der Waals surface area contributed by atoms with Gasteiger partial charge in [-0.05, 0) is 19.3 Å². The Bertz CT molecular complexity index is 576. The Morgan fingerprint density at radius 3 is 2.16 bits per heavy atom. The Morgan fingerprint density at radius 1 is 1.21 bits per heavy atom. The van der Waals surface area contributed by atoms with Crippen LogP contribution in [0.5, 0.6) is 0 Å². The molecule has 1 aliphatic carbocycles. The van der Waals surface area contributed by atoms with E-state index in [0.717, 1.165) is 6.42 Å². The second-order valence-corrected chi connectivity index (χ2v) is 6.30. The van der Waals surface area contributed by atoms with Crippen LogP contribution in [0.3, 0.4) is 0 Å². The molecule has 0 atom stereocenters. The third-order valence-corrected chi connectivity index (χ3v) is 4.56. The molecule has 0 unspecified atom stereocenters. The maximum atomic E-state index is 13.4. The monoisotopic (exact) mass is 295 g/mol. The number of aliphatic hydroxyl groups is 1. The van der Waals surface area contributed by atoms with Gasteiger partial charge in [0.25, 0.3) is 0 Å². The lowest BCUT2D eigenvalue weighted by Crippen LogP contribution is -2.47. The van der Waals surface area contributed by atoms with E-state index in [0.29, 0.717) is 12.8 Å². The molecule has 1 saturated carbocycles. The van der Waals surface area contributed by atoms with Crippen molar-refractivity contribution in [2.75, 3.05) is 6.54 Å². The molecule has 1 aromatic rings. The molecule has 2 N–H and O–H groups in total. The molecule has 2 rings (SSSR count). The zero-order valence-corrected chi connectivity index (χ0v) is 10.6. The van der Waals surface area contributed by atoms with Gasteiger partial charge >= 0.3 is 0 Å². The van der Waals surface area contributed by atoms with Crippen LogP contribution in [0.1, 0.15) is 19.3 Å². The van der Waals surface area contributed by atoms with Crippen LogP contribution in [-0.4, -0.2) is 25.7 Å². The van der Waals surface area contributed by atoms with Gasteiger partial charge < -0.3 is 5.11 Å².